The van der Waals surface area contributed by atoms with Gasteiger partial charge in [-0.3, -0.25) is 0 Å². The molecule has 2 aromatic rings. The van der Waals surface area contributed by atoms with E-state index in [1.165, 1.54) is 5.57 Å². The van der Waals surface area contributed by atoms with Gasteiger partial charge >= 0.3 is 6.09 Å². The zero-order chi connectivity index (χ0) is 19.4. The van der Waals surface area contributed by atoms with Crippen LogP contribution in [0.3, 0.4) is 0 Å². The third kappa shape index (κ3) is 4.76. The van der Waals surface area contributed by atoms with Crippen LogP contribution in [0.15, 0.2) is 40.3 Å². The van der Waals surface area contributed by atoms with Crippen LogP contribution in [0.25, 0.3) is 5.57 Å². The molecule has 0 unspecified atom stereocenters. The molecule has 0 radical (unpaired) electrons. The monoisotopic (exact) mass is 369 g/mol. The van der Waals surface area contributed by atoms with Crippen molar-refractivity contribution in [1.29, 1.82) is 0 Å². The number of rotatable bonds is 3. The second-order valence-corrected chi connectivity index (χ2v) is 7.67. The van der Waals surface area contributed by atoms with E-state index in [0.29, 0.717) is 31.3 Å². The van der Waals surface area contributed by atoms with Gasteiger partial charge in [0.25, 0.3) is 0 Å². The third-order valence-electron chi connectivity index (χ3n) is 4.42. The maximum atomic E-state index is 12.3. The van der Waals surface area contributed by atoms with Crippen LogP contribution < -0.4 is 0 Å². The molecule has 0 aliphatic carbocycles. The molecule has 0 bridgehead atoms. The first-order valence-corrected chi connectivity index (χ1v) is 9.45. The van der Waals surface area contributed by atoms with Crippen LogP contribution in [0.2, 0.25) is 0 Å². The molecular formula is C21H27N3O3. The lowest BCUT2D eigenvalue weighted by molar-refractivity contribution is 0.0236. The van der Waals surface area contributed by atoms with Crippen LogP contribution in [-0.2, 0) is 11.2 Å². The Morgan fingerprint density at radius 2 is 1.81 bits per heavy atom. The number of hydrogen-bond acceptors (Lipinski definition) is 5. The molecule has 1 aliphatic heterocycles. The highest BCUT2D eigenvalue weighted by molar-refractivity contribution is 5.78. The molecule has 1 saturated heterocycles. The number of carbonyl (C=O) groups excluding carboxylic acids is 1. The molecule has 1 aromatic carbocycles. The summed E-state index contributed by atoms with van der Waals surface area (Å²) in [6.07, 6.45) is 1.96. The third-order valence-corrected chi connectivity index (χ3v) is 4.42. The molecule has 0 spiro atoms. The van der Waals surface area contributed by atoms with E-state index in [-0.39, 0.29) is 6.09 Å². The smallest absolute Gasteiger partial charge is 0.410 e. The second kappa shape index (κ2) is 7.94. The van der Waals surface area contributed by atoms with E-state index >= 15 is 0 Å². The summed E-state index contributed by atoms with van der Waals surface area (Å²) in [5, 5.41) is 8.39. The van der Waals surface area contributed by atoms with Crippen molar-refractivity contribution in [2.24, 2.45) is 0 Å². The number of aryl methyl sites for hydroxylation is 1. The summed E-state index contributed by atoms with van der Waals surface area (Å²) in [5.74, 6) is 1.18. The Hall–Kier alpha value is -2.63. The molecule has 6 heteroatoms. The van der Waals surface area contributed by atoms with Gasteiger partial charge in [0, 0.05) is 25.1 Å². The van der Waals surface area contributed by atoms with E-state index in [0.717, 1.165) is 24.0 Å². The Kier molecular flexibility index (Phi) is 5.63. The van der Waals surface area contributed by atoms with Gasteiger partial charge in [-0.05, 0) is 39.2 Å². The molecule has 6 nitrogen and oxygen atoms in total. The Balaban J connectivity index is 1.85. The van der Waals surface area contributed by atoms with E-state index in [2.05, 4.69) is 22.3 Å². The summed E-state index contributed by atoms with van der Waals surface area (Å²) in [7, 11) is 0. The van der Waals surface area contributed by atoms with Crippen LogP contribution >= 0.6 is 0 Å². The van der Waals surface area contributed by atoms with Crippen molar-refractivity contribution in [2.75, 3.05) is 13.1 Å². The molecular weight excluding hydrogens is 342 g/mol. The summed E-state index contributed by atoms with van der Waals surface area (Å²) in [6, 6.07) is 10.1. The van der Waals surface area contributed by atoms with E-state index in [9.17, 15) is 4.79 Å². The molecule has 0 N–H and O–H groups in total. The van der Waals surface area contributed by atoms with Crippen molar-refractivity contribution in [3.8, 4) is 0 Å². The standard InChI is InChI=1S/C21H27N3O3/c1-5-17-22-23-19(26-17)18(15-9-7-6-8-10-15)16-11-13-24(14-12-16)20(25)27-21(2,3)4/h6-10H,5,11-14H2,1-4H3. The van der Waals surface area contributed by atoms with Gasteiger partial charge in [-0.25, -0.2) is 4.79 Å². The predicted molar refractivity (Wildman–Crippen MR) is 103 cm³/mol. The molecule has 2 heterocycles. The topological polar surface area (TPSA) is 68.5 Å². The summed E-state index contributed by atoms with van der Waals surface area (Å²) >= 11 is 0. The molecule has 0 atom stereocenters. The average Bonchev–Trinajstić information content (AvgIpc) is 3.11. The van der Waals surface area contributed by atoms with Gasteiger partial charge in [-0.2, -0.15) is 0 Å². The maximum Gasteiger partial charge on any atom is 0.410 e. The molecule has 1 aromatic heterocycles. The summed E-state index contributed by atoms with van der Waals surface area (Å²) in [5.41, 5.74) is 2.80. The number of carbonyl (C=O) groups is 1. The largest absolute Gasteiger partial charge is 0.444 e. The van der Waals surface area contributed by atoms with Crippen molar-refractivity contribution < 1.29 is 13.9 Å². The molecule has 3 rings (SSSR count). The first kappa shape index (κ1) is 19.1. The van der Waals surface area contributed by atoms with Gasteiger partial charge in [0.1, 0.15) is 5.60 Å². The lowest BCUT2D eigenvalue weighted by atomic mass is 9.93. The number of aromatic nitrogens is 2. The lowest BCUT2D eigenvalue weighted by Gasteiger charge is -2.31. The van der Waals surface area contributed by atoms with Crippen LogP contribution in [0.5, 0.6) is 0 Å². The Morgan fingerprint density at radius 1 is 1.15 bits per heavy atom. The van der Waals surface area contributed by atoms with Crippen LogP contribution in [0.1, 0.15) is 57.9 Å². The fraction of sp³-hybridized carbons (Fsp3) is 0.476. The molecule has 1 aliphatic rings. The van der Waals surface area contributed by atoms with Crippen molar-refractivity contribution in [3.63, 3.8) is 0 Å². The minimum absolute atomic E-state index is 0.256. The average molecular weight is 369 g/mol. The second-order valence-electron chi connectivity index (χ2n) is 7.67. The molecule has 1 amide bonds. The van der Waals surface area contributed by atoms with Gasteiger partial charge in [-0.15, -0.1) is 10.2 Å². The highest BCUT2D eigenvalue weighted by atomic mass is 16.6. The minimum atomic E-state index is -0.483. The Morgan fingerprint density at radius 3 is 2.37 bits per heavy atom. The lowest BCUT2D eigenvalue weighted by Crippen LogP contribution is -2.40. The van der Waals surface area contributed by atoms with Gasteiger partial charge in [-0.1, -0.05) is 42.8 Å². The first-order chi connectivity index (χ1) is 12.9. The zero-order valence-corrected chi connectivity index (χ0v) is 16.5. The highest BCUT2D eigenvalue weighted by Crippen LogP contribution is 2.32. The van der Waals surface area contributed by atoms with Crippen LogP contribution in [0, 0.1) is 0 Å². The molecule has 144 valence electrons. The van der Waals surface area contributed by atoms with E-state index in [4.69, 9.17) is 9.15 Å². The van der Waals surface area contributed by atoms with Crippen molar-refractivity contribution in [3.05, 3.63) is 53.2 Å². The SMILES string of the molecule is CCc1nnc(C(=C2CCN(C(=O)OC(C)(C)C)CC2)c2ccccc2)o1. The number of nitrogens with zero attached hydrogens (tertiary/aromatic N) is 3. The van der Waals surface area contributed by atoms with Gasteiger partial charge in [0.15, 0.2) is 0 Å². The summed E-state index contributed by atoms with van der Waals surface area (Å²) in [4.78, 5) is 14.1. The number of piperidine rings is 1. The van der Waals surface area contributed by atoms with Gasteiger partial charge in [0.05, 0.1) is 0 Å². The number of amides is 1. The predicted octanol–water partition coefficient (Wildman–Crippen LogP) is 4.46. The number of benzene rings is 1. The fourth-order valence-electron chi connectivity index (χ4n) is 3.12. The fourth-order valence-corrected chi connectivity index (χ4v) is 3.12. The normalized spacial score (nSPS) is 15.0. The number of likely N-dealkylation sites (tertiary alicyclic amines) is 1. The van der Waals surface area contributed by atoms with Crippen molar-refractivity contribution in [1.82, 2.24) is 15.1 Å². The minimum Gasteiger partial charge on any atom is -0.444 e. The molecule has 27 heavy (non-hydrogen) atoms. The van der Waals surface area contributed by atoms with Gasteiger partial charge in [0.2, 0.25) is 11.8 Å². The number of ether oxygens (including phenoxy) is 1. The van der Waals surface area contributed by atoms with Gasteiger partial charge < -0.3 is 14.1 Å². The maximum absolute atomic E-state index is 12.3. The van der Waals surface area contributed by atoms with Crippen molar-refractivity contribution in [2.45, 2.75) is 52.6 Å². The van der Waals surface area contributed by atoms with E-state index in [1.54, 1.807) is 4.90 Å². The van der Waals surface area contributed by atoms with Crippen LogP contribution in [0.4, 0.5) is 4.79 Å². The highest BCUT2D eigenvalue weighted by Gasteiger charge is 2.27. The molecule has 1 fully saturated rings. The van der Waals surface area contributed by atoms with Crippen LogP contribution in [-0.4, -0.2) is 39.9 Å². The first-order valence-electron chi connectivity index (χ1n) is 9.45. The Bertz CT molecular complexity index is 809. The van der Waals surface area contributed by atoms with Crippen molar-refractivity contribution >= 4 is 11.7 Å². The number of hydrogen-bond donors (Lipinski definition) is 0. The Labute approximate surface area is 160 Å². The summed E-state index contributed by atoms with van der Waals surface area (Å²) in [6.45, 7) is 8.88. The quantitative estimate of drug-likeness (QED) is 0.799. The molecule has 0 saturated carbocycles. The zero-order valence-electron chi connectivity index (χ0n) is 16.5. The summed E-state index contributed by atoms with van der Waals surface area (Å²) < 4.78 is 11.3. The van der Waals surface area contributed by atoms with E-state index < -0.39 is 5.60 Å². The van der Waals surface area contributed by atoms with E-state index in [1.807, 2.05) is 45.9 Å².